The molecule has 2 amide bonds. The van der Waals surface area contributed by atoms with Crippen molar-refractivity contribution in [2.75, 3.05) is 23.3 Å². The summed E-state index contributed by atoms with van der Waals surface area (Å²) in [5, 5.41) is 16.4. The number of carbonyl (C=O) groups excluding carboxylic acids is 2. The first kappa shape index (κ1) is 27.4. The van der Waals surface area contributed by atoms with Gasteiger partial charge >= 0.3 is 0 Å². The minimum atomic E-state index is -0.332. The zero-order valence-electron chi connectivity index (χ0n) is 23.7. The summed E-state index contributed by atoms with van der Waals surface area (Å²) in [7, 11) is 1.64. The van der Waals surface area contributed by atoms with Crippen molar-refractivity contribution < 1.29 is 14.7 Å². The standard InChI is InChI=1S/C33H33N5O4/c1-3-34-31(40)21-9-12-24(13-10-21)35-30-33(42)37(2)18-28(36-30)26-5-4-6-29(27(26)19-39)38-16-15-23-17-22(20-7-8-20)11-14-25(23)32(38)41/h4-6,9-14,17-18,20,39H,3,7-8,15-16,19H2,1-2H3,(H,34,40)(H,35,36). The van der Waals surface area contributed by atoms with Gasteiger partial charge in [0, 0.05) is 54.3 Å². The lowest BCUT2D eigenvalue weighted by atomic mass is 9.93. The van der Waals surface area contributed by atoms with Gasteiger partial charge in [-0.05, 0) is 79.6 Å². The molecule has 4 aromatic rings. The molecule has 1 saturated carbocycles. The normalized spacial score (nSPS) is 14.5. The van der Waals surface area contributed by atoms with Crippen molar-refractivity contribution in [3.63, 3.8) is 0 Å². The molecule has 0 spiro atoms. The van der Waals surface area contributed by atoms with Crippen LogP contribution in [-0.4, -0.2) is 39.6 Å². The van der Waals surface area contributed by atoms with Gasteiger partial charge in [0.2, 0.25) is 0 Å². The lowest BCUT2D eigenvalue weighted by Crippen LogP contribution is -2.38. The largest absolute Gasteiger partial charge is 0.392 e. The van der Waals surface area contributed by atoms with E-state index in [1.807, 2.05) is 31.2 Å². The van der Waals surface area contributed by atoms with Crippen LogP contribution in [0.4, 0.5) is 17.2 Å². The average molecular weight is 564 g/mol. The van der Waals surface area contributed by atoms with Gasteiger partial charge in [-0.15, -0.1) is 0 Å². The van der Waals surface area contributed by atoms with Crippen LogP contribution in [0.3, 0.4) is 0 Å². The number of amides is 2. The van der Waals surface area contributed by atoms with Gasteiger partial charge in [0.05, 0.1) is 18.0 Å². The quantitative estimate of drug-likeness (QED) is 0.290. The fourth-order valence-corrected chi connectivity index (χ4v) is 5.56. The second-order valence-corrected chi connectivity index (χ2v) is 10.8. The lowest BCUT2D eigenvalue weighted by Gasteiger charge is -2.31. The molecule has 1 aromatic heterocycles. The van der Waals surface area contributed by atoms with E-state index in [2.05, 4.69) is 27.8 Å². The minimum Gasteiger partial charge on any atom is -0.392 e. The lowest BCUT2D eigenvalue weighted by molar-refractivity contribution is 0.0953. The molecular formula is C33H33N5O4. The fraction of sp³-hybridized carbons (Fsp3) is 0.273. The number of aliphatic hydroxyl groups excluding tert-OH is 1. The average Bonchev–Trinajstić information content (AvgIpc) is 3.85. The summed E-state index contributed by atoms with van der Waals surface area (Å²) in [6.45, 7) is 2.59. The molecule has 0 unspecified atom stereocenters. The van der Waals surface area contributed by atoms with Crippen LogP contribution in [0.15, 0.2) is 71.7 Å². The van der Waals surface area contributed by atoms with E-state index in [4.69, 9.17) is 0 Å². The number of aryl methyl sites for hydroxylation is 1. The maximum atomic E-state index is 13.6. The number of nitrogens with one attached hydrogen (secondary N) is 2. The van der Waals surface area contributed by atoms with Gasteiger partial charge in [-0.3, -0.25) is 14.4 Å². The van der Waals surface area contributed by atoms with Gasteiger partial charge in [0.1, 0.15) is 0 Å². The molecular weight excluding hydrogens is 530 g/mol. The van der Waals surface area contributed by atoms with Gasteiger partial charge in [0.25, 0.3) is 17.4 Å². The summed E-state index contributed by atoms with van der Waals surface area (Å²) in [4.78, 5) is 45.1. The highest BCUT2D eigenvalue weighted by molar-refractivity contribution is 6.09. The number of hydrogen-bond acceptors (Lipinski definition) is 6. The van der Waals surface area contributed by atoms with Crippen LogP contribution >= 0.6 is 0 Å². The highest BCUT2D eigenvalue weighted by Gasteiger charge is 2.30. The van der Waals surface area contributed by atoms with Crippen LogP contribution in [0.2, 0.25) is 0 Å². The Morgan fingerprint density at radius 2 is 1.83 bits per heavy atom. The third kappa shape index (κ3) is 5.19. The van der Waals surface area contributed by atoms with Gasteiger partial charge in [-0.1, -0.05) is 24.3 Å². The van der Waals surface area contributed by atoms with E-state index in [1.165, 1.54) is 23.0 Å². The Balaban J connectivity index is 1.32. The van der Waals surface area contributed by atoms with Crippen LogP contribution in [0.5, 0.6) is 0 Å². The SMILES string of the molecule is CCNC(=O)c1ccc(Nc2nc(-c3cccc(N4CCc5cc(C6CC6)ccc5C4=O)c3CO)cn(C)c2=O)cc1. The molecule has 0 atom stereocenters. The molecule has 2 aliphatic rings. The maximum absolute atomic E-state index is 13.6. The topological polar surface area (TPSA) is 117 Å². The third-order valence-corrected chi connectivity index (χ3v) is 7.95. The van der Waals surface area contributed by atoms with E-state index in [-0.39, 0.29) is 29.8 Å². The Bertz CT molecular complexity index is 1740. The maximum Gasteiger partial charge on any atom is 0.293 e. The van der Waals surface area contributed by atoms with E-state index in [1.54, 1.807) is 42.4 Å². The van der Waals surface area contributed by atoms with Gasteiger partial charge in [-0.2, -0.15) is 0 Å². The monoisotopic (exact) mass is 563 g/mol. The number of aromatic nitrogens is 2. The molecule has 1 aliphatic carbocycles. The fourth-order valence-electron chi connectivity index (χ4n) is 5.56. The molecule has 0 saturated heterocycles. The molecule has 9 heteroatoms. The molecule has 6 rings (SSSR count). The number of hydrogen-bond donors (Lipinski definition) is 3. The van der Waals surface area contributed by atoms with Gasteiger partial charge in [-0.25, -0.2) is 4.98 Å². The number of aliphatic hydroxyl groups is 1. The summed E-state index contributed by atoms with van der Waals surface area (Å²) in [5.74, 6) is 0.471. The van der Waals surface area contributed by atoms with Crippen molar-refractivity contribution >= 4 is 29.0 Å². The van der Waals surface area contributed by atoms with Gasteiger partial charge in [0.15, 0.2) is 5.82 Å². The predicted octanol–water partition coefficient (Wildman–Crippen LogP) is 4.51. The molecule has 3 aromatic carbocycles. The molecule has 214 valence electrons. The van der Waals surface area contributed by atoms with Crippen LogP contribution < -0.4 is 21.1 Å². The Morgan fingerprint density at radius 1 is 1.05 bits per heavy atom. The van der Waals surface area contributed by atoms with Crippen molar-refractivity contribution in [3.05, 3.63) is 105 Å². The van der Waals surface area contributed by atoms with Crippen molar-refractivity contribution in [1.82, 2.24) is 14.9 Å². The Labute approximate surface area is 243 Å². The van der Waals surface area contributed by atoms with Crippen LogP contribution in [-0.2, 0) is 20.1 Å². The molecule has 2 heterocycles. The Kier molecular flexibility index (Phi) is 7.34. The van der Waals surface area contributed by atoms with Crippen molar-refractivity contribution in [2.24, 2.45) is 7.05 Å². The number of fused-ring (bicyclic) bond motifs is 1. The highest BCUT2D eigenvalue weighted by atomic mass is 16.3. The first-order valence-electron chi connectivity index (χ1n) is 14.3. The Hall–Kier alpha value is -4.76. The summed E-state index contributed by atoms with van der Waals surface area (Å²) < 4.78 is 1.43. The van der Waals surface area contributed by atoms with Crippen LogP contribution in [0.25, 0.3) is 11.3 Å². The summed E-state index contributed by atoms with van der Waals surface area (Å²) in [6, 6.07) is 18.5. The number of carbonyl (C=O) groups is 2. The summed E-state index contributed by atoms with van der Waals surface area (Å²) >= 11 is 0. The molecule has 1 aliphatic heterocycles. The number of benzene rings is 3. The Morgan fingerprint density at radius 3 is 2.55 bits per heavy atom. The summed E-state index contributed by atoms with van der Waals surface area (Å²) in [5.41, 5.74) is 6.17. The van der Waals surface area contributed by atoms with Crippen LogP contribution in [0, 0.1) is 0 Å². The molecule has 0 radical (unpaired) electrons. The van der Waals surface area contributed by atoms with E-state index in [0.29, 0.717) is 58.3 Å². The van der Waals surface area contributed by atoms with E-state index in [9.17, 15) is 19.5 Å². The van der Waals surface area contributed by atoms with E-state index >= 15 is 0 Å². The predicted molar refractivity (Wildman–Crippen MR) is 162 cm³/mol. The van der Waals surface area contributed by atoms with Crippen molar-refractivity contribution in [3.8, 4) is 11.3 Å². The van der Waals surface area contributed by atoms with E-state index < -0.39 is 0 Å². The second kappa shape index (κ2) is 11.3. The molecule has 3 N–H and O–H groups in total. The molecule has 1 fully saturated rings. The molecule has 9 nitrogen and oxygen atoms in total. The van der Waals surface area contributed by atoms with E-state index in [0.717, 1.165) is 12.0 Å². The zero-order chi connectivity index (χ0) is 29.4. The smallest absolute Gasteiger partial charge is 0.293 e. The van der Waals surface area contributed by atoms with Crippen molar-refractivity contribution in [1.29, 1.82) is 0 Å². The third-order valence-electron chi connectivity index (χ3n) is 7.95. The molecule has 0 bridgehead atoms. The number of rotatable bonds is 8. The zero-order valence-corrected chi connectivity index (χ0v) is 23.7. The van der Waals surface area contributed by atoms with Crippen LogP contribution in [0.1, 0.15) is 63.1 Å². The second-order valence-electron chi connectivity index (χ2n) is 10.8. The minimum absolute atomic E-state index is 0.0858. The summed E-state index contributed by atoms with van der Waals surface area (Å²) in [6.07, 6.45) is 4.79. The van der Waals surface area contributed by atoms with Gasteiger partial charge < -0.3 is 25.2 Å². The first-order valence-corrected chi connectivity index (χ1v) is 14.3. The highest BCUT2D eigenvalue weighted by Crippen LogP contribution is 2.41. The number of anilines is 3. The first-order chi connectivity index (χ1) is 20.4. The number of nitrogens with zero attached hydrogens (tertiary/aromatic N) is 3. The molecule has 42 heavy (non-hydrogen) atoms. The van der Waals surface area contributed by atoms with Crippen molar-refractivity contribution in [2.45, 2.75) is 38.7 Å².